The molecule has 2 heterocycles. The lowest BCUT2D eigenvalue weighted by molar-refractivity contribution is -0.388. The van der Waals surface area contributed by atoms with Crippen LogP contribution >= 0.6 is 0 Å². The van der Waals surface area contributed by atoms with Crippen molar-refractivity contribution in [2.24, 2.45) is 18.7 Å². The summed E-state index contributed by atoms with van der Waals surface area (Å²) in [4.78, 5) is 16.5. The van der Waals surface area contributed by atoms with E-state index >= 15 is 0 Å². The van der Waals surface area contributed by atoms with E-state index in [1.165, 1.54) is 6.33 Å². The Labute approximate surface area is 106 Å². The van der Waals surface area contributed by atoms with Crippen LogP contribution in [0.25, 0.3) is 0 Å². The van der Waals surface area contributed by atoms with Crippen molar-refractivity contribution in [3.8, 4) is 0 Å². The fourth-order valence-corrected chi connectivity index (χ4v) is 2.74. The van der Waals surface area contributed by atoms with Crippen LogP contribution in [0.1, 0.15) is 19.8 Å². The molecule has 0 aromatic carbocycles. The van der Waals surface area contributed by atoms with Crippen LogP contribution in [0.4, 0.5) is 11.6 Å². The topological polar surface area (TPSA) is 90.2 Å². The van der Waals surface area contributed by atoms with Crippen LogP contribution in [0, 0.1) is 16.0 Å². The molecular formula is C11H19N5O2. The Morgan fingerprint density at radius 2 is 2.39 bits per heavy atom. The molecule has 100 valence electrons. The van der Waals surface area contributed by atoms with Gasteiger partial charge < -0.3 is 20.7 Å². The summed E-state index contributed by atoms with van der Waals surface area (Å²) in [5, 5.41) is 11.0. The summed E-state index contributed by atoms with van der Waals surface area (Å²) in [6.07, 6.45) is 3.63. The van der Waals surface area contributed by atoms with Crippen LogP contribution in [0.15, 0.2) is 6.33 Å². The van der Waals surface area contributed by atoms with E-state index in [0.717, 1.165) is 19.4 Å². The van der Waals surface area contributed by atoms with Crippen LogP contribution in [0.2, 0.25) is 0 Å². The third kappa shape index (κ3) is 2.05. The molecule has 2 rings (SSSR count). The number of nitro groups is 1. The summed E-state index contributed by atoms with van der Waals surface area (Å²) in [5.41, 5.74) is 5.83. The van der Waals surface area contributed by atoms with Crippen LogP contribution in [0.5, 0.6) is 0 Å². The average Bonchev–Trinajstić information content (AvgIpc) is 2.70. The first-order chi connectivity index (χ1) is 8.56. The van der Waals surface area contributed by atoms with Crippen LogP contribution in [-0.4, -0.2) is 33.6 Å². The molecule has 0 spiro atoms. The fraction of sp³-hybridized carbons (Fsp3) is 0.727. The molecule has 2 unspecified atom stereocenters. The Hall–Kier alpha value is -1.63. The van der Waals surface area contributed by atoms with Gasteiger partial charge in [0, 0.05) is 26.2 Å². The first kappa shape index (κ1) is 12.8. The van der Waals surface area contributed by atoms with Gasteiger partial charge in [0.05, 0.1) is 0 Å². The molecule has 0 saturated carbocycles. The number of nitrogens with zero attached hydrogens (tertiary/aromatic N) is 4. The Balaban J connectivity index is 2.40. The predicted molar refractivity (Wildman–Crippen MR) is 68.4 cm³/mol. The zero-order valence-corrected chi connectivity index (χ0v) is 10.7. The number of hydrogen-bond donors (Lipinski definition) is 1. The van der Waals surface area contributed by atoms with E-state index in [1.54, 1.807) is 11.6 Å². The minimum Gasteiger partial charge on any atom is -0.358 e. The van der Waals surface area contributed by atoms with Crippen molar-refractivity contribution in [2.45, 2.75) is 25.8 Å². The normalized spacial score (nSPS) is 24.3. The first-order valence-corrected chi connectivity index (χ1v) is 6.18. The van der Waals surface area contributed by atoms with Gasteiger partial charge in [0.1, 0.15) is 0 Å². The second kappa shape index (κ2) is 4.93. The Bertz CT molecular complexity index is 445. The minimum absolute atomic E-state index is 0.0787. The Morgan fingerprint density at radius 1 is 1.67 bits per heavy atom. The van der Waals surface area contributed by atoms with E-state index in [9.17, 15) is 10.1 Å². The summed E-state index contributed by atoms with van der Waals surface area (Å²) in [6, 6.07) is 0.146. The van der Waals surface area contributed by atoms with E-state index in [0.29, 0.717) is 18.3 Å². The Morgan fingerprint density at radius 3 is 3.00 bits per heavy atom. The van der Waals surface area contributed by atoms with Gasteiger partial charge in [0.25, 0.3) is 0 Å². The monoisotopic (exact) mass is 253 g/mol. The molecule has 0 radical (unpaired) electrons. The van der Waals surface area contributed by atoms with Gasteiger partial charge in [-0.2, -0.15) is 0 Å². The molecule has 1 saturated heterocycles. The van der Waals surface area contributed by atoms with Gasteiger partial charge in [0.15, 0.2) is 0 Å². The van der Waals surface area contributed by atoms with E-state index in [-0.39, 0.29) is 11.9 Å². The highest BCUT2D eigenvalue weighted by molar-refractivity contribution is 5.55. The molecule has 1 fully saturated rings. The van der Waals surface area contributed by atoms with E-state index in [2.05, 4.69) is 11.9 Å². The number of imidazole rings is 1. The van der Waals surface area contributed by atoms with Crippen LogP contribution in [0.3, 0.4) is 0 Å². The van der Waals surface area contributed by atoms with Crippen molar-refractivity contribution in [3.63, 3.8) is 0 Å². The predicted octanol–water partition coefficient (Wildman–Crippen LogP) is 0.892. The maximum absolute atomic E-state index is 11.0. The van der Waals surface area contributed by atoms with E-state index in [4.69, 9.17) is 5.73 Å². The molecule has 1 aromatic rings. The lowest BCUT2D eigenvalue weighted by Crippen LogP contribution is -2.49. The standard InChI is InChI=1S/C11H19N5O2/c1-8-4-3-5-15(9(8)6-12)11-10(16(17)18)13-7-14(11)2/h7-9H,3-6,12H2,1-2H3. The minimum atomic E-state index is -0.428. The number of aromatic nitrogens is 2. The second-order valence-corrected chi connectivity index (χ2v) is 4.88. The van der Waals surface area contributed by atoms with Gasteiger partial charge >= 0.3 is 5.82 Å². The zero-order valence-electron chi connectivity index (χ0n) is 10.7. The summed E-state index contributed by atoms with van der Waals surface area (Å²) in [7, 11) is 1.78. The molecular weight excluding hydrogens is 234 g/mol. The van der Waals surface area contributed by atoms with Gasteiger partial charge in [-0.05, 0) is 28.7 Å². The van der Waals surface area contributed by atoms with Crippen molar-refractivity contribution in [2.75, 3.05) is 18.0 Å². The molecule has 7 heteroatoms. The first-order valence-electron chi connectivity index (χ1n) is 6.18. The molecule has 0 aliphatic carbocycles. The van der Waals surface area contributed by atoms with Gasteiger partial charge in [-0.15, -0.1) is 0 Å². The largest absolute Gasteiger partial charge is 0.406 e. The lowest BCUT2D eigenvalue weighted by atomic mass is 9.91. The van der Waals surface area contributed by atoms with Gasteiger partial charge in [-0.3, -0.25) is 4.57 Å². The molecule has 1 aliphatic rings. The van der Waals surface area contributed by atoms with Gasteiger partial charge in [0.2, 0.25) is 12.1 Å². The molecule has 18 heavy (non-hydrogen) atoms. The molecule has 2 atom stereocenters. The van der Waals surface area contributed by atoms with Crippen molar-refractivity contribution >= 4 is 11.6 Å². The smallest absolute Gasteiger partial charge is 0.358 e. The SMILES string of the molecule is CC1CCCN(c2c([N+](=O)[O-])ncn2C)C1CN. The molecule has 7 nitrogen and oxygen atoms in total. The molecule has 1 aromatic heterocycles. The molecule has 0 bridgehead atoms. The fourth-order valence-electron chi connectivity index (χ4n) is 2.74. The van der Waals surface area contributed by atoms with Gasteiger partial charge in [-0.1, -0.05) is 6.92 Å². The zero-order chi connectivity index (χ0) is 13.3. The van der Waals surface area contributed by atoms with Crippen molar-refractivity contribution < 1.29 is 4.92 Å². The van der Waals surface area contributed by atoms with E-state index < -0.39 is 4.92 Å². The van der Waals surface area contributed by atoms with Crippen LogP contribution in [-0.2, 0) is 7.05 Å². The molecule has 1 aliphatic heterocycles. The molecule has 0 amide bonds. The van der Waals surface area contributed by atoms with E-state index in [1.807, 2.05) is 4.90 Å². The summed E-state index contributed by atoms with van der Waals surface area (Å²) in [6.45, 7) is 3.45. The quantitative estimate of drug-likeness (QED) is 0.638. The summed E-state index contributed by atoms with van der Waals surface area (Å²) >= 11 is 0. The maximum atomic E-state index is 11.0. The number of nitrogens with two attached hydrogens (primary N) is 1. The highest BCUT2D eigenvalue weighted by Crippen LogP contribution is 2.33. The van der Waals surface area contributed by atoms with Crippen molar-refractivity contribution in [3.05, 3.63) is 16.4 Å². The lowest BCUT2D eigenvalue weighted by Gasteiger charge is -2.40. The number of anilines is 1. The third-order valence-corrected chi connectivity index (χ3v) is 3.69. The Kier molecular flexibility index (Phi) is 3.51. The number of hydrogen-bond acceptors (Lipinski definition) is 5. The second-order valence-electron chi connectivity index (χ2n) is 4.88. The average molecular weight is 253 g/mol. The summed E-state index contributed by atoms with van der Waals surface area (Å²) < 4.78 is 1.71. The highest BCUT2D eigenvalue weighted by atomic mass is 16.6. The highest BCUT2D eigenvalue weighted by Gasteiger charge is 2.34. The summed E-state index contributed by atoms with van der Waals surface area (Å²) in [5.74, 6) is 0.935. The van der Waals surface area contributed by atoms with Crippen molar-refractivity contribution in [1.82, 2.24) is 9.55 Å². The van der Waals surface area contributed by atoms with Crippen LogP contribution < -0.4 is 10.6 Å². The maximum Gasteiger partial charge on any atom is 0.406 e. The number of piperidine rings is 1. The van der Waals surface area contributed by atoms with Crippen molar-refractivity contribution in [1.29, 1.82) is 0 Å². The number of aryl methyl sites for hydroxylation is 1. The van der Waals surface area contributed by atoms with Gasteiger partial charge in [-0.25, -0.2) is 0 Å². The third-order valence-electron chi connectivity index (χ3n) is 3.69. The number of rotatable bonds is 3. The molecule has 2 N–H and O–H groups in total.